The van der Waals surface area contributed by atoms with E-state index in [-0.39, 0.29) is 4.90 Å². The van der Waals surface area contributed by atoms with Crippen molar-refractivity contribution in [2.45, 2.75) is 37.7 Å². The zero-order valence-corrected chi connectivity index (χ0v) is 13.4. The molecule has 0 aliphatic carbocycles. The first-order valence-corrected chi connectivity index (χ1v) is 8.25. The average Bonchev–Trinajstić information content (AvgIpc) is 2.29. The molecule has 1 atom stereocenters. The number of aliphatic hydroxyl groups is 1. The number of nitrogens with two attached hydrogens (primary N) is 1. The molecule has 0 bridgehead atoms. The van der Waals surface area contributed by atoms with Crippen molar-refractivity contribution in [3.05, 3.63) is 22.2 Å². The van der Waals surface area contributed by atoms with Crippen LogP contribution in [0.3, 0.4) is 0 Å². The molecule has 7 heteroatoms. The SMILES string of the molecule is Cc1cc(Br)c(N)cc1S(=O)(=O)NCCCC(C)O. The largest absolute Gasteiger partial charge is 0.398 e. The fraction of sp³-hybridized carbons (Fsp3) is 0.500. The molecule has 1 aromatic carbocycles. The molecule has 5 nitrogen and oxygen atoms in total. The molecule has 0 aliphatic rings. The summed E-state index contributed by atoms with van der Waals surface area (Å²) in [7, 11) is -3.56. The minimum atomic E-state index is -3.56. The van der Waals surface area contributed by atoms with E-state index < -0.39 is 16.1 Å². The van der Waals surface area contributed by atoms with E-state index in [0.29, 0.717) is 35.1 Å². The van der Waals surface area contributed by atoms with Crippen LogP contribution in [0.2, 0.25) is 0 Å². The van der Waals surface area contributed by atoms with Crippen LogP contribution in [0.4, 0.5) is 5.69 Å². The van der Waals surface area contributed by atoms with E-state index in [9.17, 15) is 8.42 Å². The van der Waals surface area contributed by atoms with Crippen LogP contribution in [-0.2, 0) is 10.0 Å². The summed E-state index contributed by atoms with van der Waals surface area (Å²) in [6.45, 7) is 3.69. The second-order valence-electron chi connectivity index (χ2n) is 4.53. The van der Waals surface area contributed by atoms with Crippen LogP contribution in [0.25, 0.3) is 0 Å². The normalized spacial score (nSPS) is 13.5. The summed E-state index contributed by atoms with van der Waals surface area (Å²) in [5.41, 5.74) is 6.72. The summed E-state index contributed by atoms with van der Waals surface area (Å²) in [4.78, 5) is 0.185. The second-order valence-corrected chi connectivity index (χ2v) is 7.12. The van der Waals surface area contributed by atoms with Gasteiger partial charge in [0.25, 0.3) is 0 Å². The first-order valence-electron chi connectivity index (χ1n) is 5.97. The molecule has 0 saturated heterocycles. The number of sulfonamides is 1. The first-order chi connectivity index (χ1) is 8.74. The molecule has 4 N–H and O–H groups in total. The molecule has 0 saturated carbocycles. The summed E-state index contributed by atoms with van der Waals surface area (Å²) >= 11 is 3.26. The number of anilines is 1. The molecule has 0 amide bonds. The molecular weight excluding hydrogens is 332 g/mol. The molecule has 0 aromatic heterocycles. The summed E-state index contributed by atoms with van der Waals surface area (Å²) in [5.74, 6) is 0. The fourth-order valence-electron chi connectivity index (χ4n) is 1.64. The molecule has 19 heavy (non-hydrogen) atoms. The lowest BCUT2D eigenvalue weighted by Crippen LogP contribution is -2.26. The van der Waals surface area contributed by atoms with Crippen LogP contribution < -0.4 is 10.5 Å². The zero-order chi connectivity index (χ0) is 14.6. The van der Waals surface area contributed by atoms with Gasteiger partial charge in [-0.2, -0.15) is 0 Å². The lowest BCUT2D eigenvalue weighted by molar-refractivity contribution is 0.182. The van der Waals surface area contributed by atoms with E-state index in [1.54, 1.807) is 19.9 Å². The fourth-order valence-corrected chi connectivity index (χ4v) is 3.43. The third-order valence-electron chi connectivity index (χ3n) is 2.67. The Bertz CT molecular complexity index is 544. The van der Waals surface area contributed by atoms with Gasteiger partial charge in [-0.25, -0.2) is 13.1 Å². The van der Waals surface area contributed by atoms with Gasteiger partial charge in [-0.05, 0) is 60.3 Å². The van der Waals surface area contributed by atoms with Crippen molar-refractivity contribution in [2.75, 3.05) is 12.3 Å². The quantitative estimate of drug-likeness (QED) is 0.538. The Balaban J connectivity index is 2.80. The van der Waals surface area contributed by atoms with Crippen LogP contribution in [-0.4, -0.2) is 26.2 Å². The minimum Gasteiger partial charge on any atom is -0.398 e. The molecular formula is C12H19BrN2O3S. The van der Waals surface area contributed by atoms with Gasteiger partial charge in [0.1, 0.15) is 0 Å². The molecule has 1 aromatic rings. The number of nitrogen functional groups attached to an aromatic ring is 1. The maximum atomic E-state index is 12.1. The molecule has 1 unspecified atom stereocenters. The van der Waals surface area contributed by atoms with Gasteiger partial charge in [0, 0.05) is 16.7 Å². The third-order valence-corrected chi connectivity index (χ3v) is 4.96. The van der Waals surface area contributed by atoms with E-state index in [1.165, 1.54) is 6.07 Å². The van der Waals surface area contributed by atoms with Crippen molar-refractivity contribution in [1.82, 2.24) is 4.72 Å². The van der Waals surface area contributed by atoms with E-state index in [0.717, 1.165) is 0 Å². The topological polar surface area (TPSA) is 92.4 Å². The van der Waals surface area contributed by atoms with Crippen molar-refractivity contribution in [1.29, 1.82) is 0 Å². The van der Waals surface area contributed by atoms with Crippen LogP contribution in [0, 0.1) is 6.92 Å². The smallest absolute Gasteiger partial charge is 0.240 e. The number of nitrogens with one attached hydrogen (secondary N) is 1. The molecule has 0 heterocycles. The van der Waals surface area contributed by atoms with Crippen molar-refractivity contribution < 1.29 is 13.5 Å². The van der Waals surface area contributed by atoms with E-state index >= 15 is 0 Å². The van der Waals surface area contributed by atoms with Gasteiger partial charge < -0.3 is 10.8 Å². The van der Waals surface area contributed by atoms with E-state index in [1.807, 2.05) is 0 Å². The Morgan fingerprint density at radius 2 is 2.11 bits per heavy atom. The van der Waals surface area contributed by atoms with Crippen molar-refractivity contribution in [3.63, 3.8) is 0 Å². The zero-order valence-electron chi connectivity index (χ0n) is 11.0. The van der Waals surface area contributed by atoms with Gasteiger partial charge in [0.15, 0.2) is 0 Å². The van der Waals surface area contributed by atoms with E-state index in [4.69, 9.17) is 10.8 Å². The maximum absolute atomic E-state index is 12.1. The first kappa shape index (κ1) is 16.4. The molecule has 108 valence electrons. The number of halogens is 1. The molecule has 0 aliphatic heterocycles. The second kappa shape index (κ2) is 6.69. The Morgan fingerprint density at radius 3 is 2.68 bits per heavy atom. The minimum absolute atomic E-state index is 0.185. The van der Waals surface area contributed by atoms with Gasteiger partial charge in [-0.3, -0.25) is 0 Å². The van der Waals surface area contributed by atoms with Crippen molar-refractivity contribution in [3.8, 4) is 0 Å². The monoisotopic (exact) mass is 350 g/mol. The number of hydrogen-bond acceptors (Lipinski definition) is 4. The lowest BCUT2D eigenvalue weighted by Gasteiger charge is -2.11. The number of rotatable bonds is 6. The number of hydrogen-bond donors (Lipinski definition) is 3. The predicted molar refractivity (Wildman–Crippen MR) is 79.4 cm³/mol. The summed E-state index contributed by atoms with van der Waals surface area (Å²) < 4.78 is 27.4. The third kappa shape index (κ3) is 4.76. The lowest BCUT2D eigenvalue weighted by atomic mass is 10.2. The predicted octanol–water partition coefficient (Wildman–Crippen LogP) is 1.78. The molecule has 0 radical (unpaired) electrons. The molecule has 1 rings (SSSR count). The van der Waals surface area contributed by atoms with Gasteiger partial charge in [0.2, 0.25) is 10.0 Å². The van der Waals surface area contributed by atoms with Gasteiger partial charge in [-0.1, -0.05) is 0 Å². The Morgan fingerprint density at radius 1 is 1.47 bits per heavy atom. The summed E-state index contributed by atoms with van der Waals surface area (Å²) in [5, 5.41) is 9.11. The molecule has 0 fully saturated rings. The summed E-state index contributed by atoms with van der Waals surface area (Å²) in [6.07, 6.45) is 0.723. The Hall–Kier alpha value is -0.630. The highest BCUT2D eigenvalue weighted by atomic mass is 79.9. The average molecular weight is 351 g/mol. The maximum Gasteiger partial charge on any atom is 0.240 e. The Labute approximate surface area is 122 Å². The highest BCUT2D eigenvalue weighted by molar-refractivity contribution is 9.10. The van der Waals surface area contributed by atoms with Gasteiger partial charge >= 0.3 is 0 Å². The Kier molecular flexibility index (Phi) is 5.79. The molecule has 0 spiro atoms. The highest BCUT2D eigenvalue weighted by Crippen LogP contribution is 2.26. The van der Waals surface area contributed by atoms with Crippen LogP contribution in [0.15, 0.2) is 21.5 Å². The van der Waals surface area contributed by atoms with Crippen molar-refractivity contribution in [2.24, 2.45) is 0 Å². The summed E-state index contributed by atoms with van der Waals surface area (Å²) in [6, 6.07) is 3.12. The van der Waals surface area contributed by atoms with E-state index in [2.05, 4.69) is 20.7 Å². The number of benzene rings is 1. The van der Waals surface area contributed by atoms with Crippen LogP contribution in [0.5, 0.6) is 0 Å². The number of aliphatic hydroxyl groups excluding tert-OH is 1. The van der Waals surface area contributed by atoms with Crippen LogP contribution in [0.1, 0.15) is 25.3 Å². The standard InChI is InChI=1S/C12H19BrN2O3S/c1-8-6-10(13)11(14)7-12(8)19(17,18)15-5-3-4-9(2)16/h6-7,9,15-16H,3-5,14H2,1-2H3. The highest BCUT2D eigenvalue weighted by Gasteiger charge is 2.17. The van der Waals surface area contributed by atoms with Crippen LogP contribution >= 0.6 is 15.9 Å². The van der Waals surface area contributed by atoms with Crippen molar-refractivity contribution >= 4 is 31.6 Å². The number of aryl methyl sites for hydroxylation is 1. The van der Waals surface area contributed by atoms with Gasteiger partial charge in [-0.15, -0.1) is 0 Å². The van der Waals surface area contributed by atoms with Gasteiger partial charge in [0.05, 0.1) is 11.0 Å².